The van der Waals surface area contributed by atoms with Gasteiger partial charge in [-0.2, -0.15) is 0 Å². The van der Waals surface area contributed by atoms with Crippen LogP contribution in [-0.4, -0.2) is 15.8 Å². The third kappa shape index (κ3) is 2.11. The van der Waals surface area contributed by atoms with Gasteiger partial charge in [0.1, 0.15) is 5.82 Å². The molecule has 23 heavy (non-hydrogen) atoms. The maximum Gasteiger partial charge on any atom is 0.327 e. The lowest BCUT2D eigenvalue weighted by molar-refractivity contribution is -0.116. The SMILES string of the molecule is Cc1ccsc1[C@H]1C2=C(CCCC2=O)Nc2[nH]c(=O)[nH]c(=O)c21. The molecule has 7 heteroatoms. The number of nitrogens with one attached hydrogen (secondary N) is 3. The summed E-state index contributed by atoms with van der Waals surface area (Å²) in [6.07, 6.45) is 2.03. The van der Waals surface area contributed by atoms with E-state index in [4.69, 9.17) is 0 Å². The Hall–Kier alpha value is -2.41. The van der Waals surface area contributed by atoms with E-state index < -0.39 is 17.2 Å². The molecule has 1 atom stereocenters. The van der Waals surface area contributed by atoms with Gasteiger partial charge in [-0.3, -0.25) is 19.6 Å². The second kappa shape index (κ2) is 5.06. The number of anilines is 1. The van der Waals surface area contributed by atoms with Gasteiger partial charge in [0.05, 0.1) is 11.5 Å². The van der Waals surface area contributed by atoms with Gasteiger partial charge in [-0.1, -0.05) is 0 Å². The van der Waals surface area contributed by atoms with E-state index in [1.165, 1.54) is 11.3 Å². The van der Waals surface area contributed by atoms with Crippen molar-refractivity contribution in [3.63, 3.8) is 0 Å². The Balaban J connectivity index is 2.05. The maximum atomic E-state index is 12.6. The number of allylic oxidation sites excluding steroid dienone is 2. The molecule has 0 bridgehead atoms. The molecule has 2 aromatic heterocycles. The van der Waals surface area contributed by atoms with Crippen LogP contribution in [-0.2, 0) is 4.79 Å². The van der Waals surface area contributed by atoms with E-state index in [-0.39, 0.29) is 5.78 Å². The summed E-state index contributed by atoms with van der Waals surface area (Å²) >= 11 is 1.53. The van der Waals surface area contributed by atoms with Crippen molar-refractivity contribution in [3.05, 3.63) is 59.6 Å². The molecule has 118 valence electrons. The average Bonchev–Trinajstić information content (AvgIpc) is 2.91. The molecule has 2 aliphatic rings. The number of aromatic amines is 2. The van der Waals surface area contributed by atoms with Crippen LogP contribution in [0.25, 0.3) is 0 Å². The third-order valence-corrected chi connectivity index (χ3v) is 5.54. The highest BCUT2D eigenvalue weighted by Crippen LogP contribution is 2.45. The molecule has 0 amide bonds. The number of hydrogen-bond acceptors (Lipinski definition) is 5. The standard InChI is InChI=1S/C16H15N3O3S/c1-7-5-6-23-13(7)11-10-8(3-2-4-9(10)20)17-14-12(11)15(21)19-16(22)18-14/h5-6,11H,2-4H2,1H3,(H3,17,18,19,21,22)/t11-/m0/s1. The van der Waals surface area contributed by atoms with Gasteiger partial charge >= 0.3 is 5.69 Å². The number of ketones is 1. The number of Topliss-reactive ketones (excluding diaryl/α,β-unsaturated/α-hetero) is 1. The van der Waals surface area contributed by atoms with E-state index >= 15 is 0 Å². The van der Waals surface area contributed by atoms with E-state index in [1.807, 2.05) is 18.4 Å². The quantitative estimate of drug-likeness (QED) is 0.746. The highest BCUT2D eigenvalue weighted by Gasteiger charge is 2.38. The normalized spacial score (nSPS) is 20.0. The molecule has 0 saturated carbocycles. The fourth-order valence-electron chi connectivity index (χ4n) is 3.44. The minimum absolute atomic E-state index is 0.0767. The average molecular weight is 329 g/mol. The molecule has 1 aliphatic carbocycles. The zero-order valence-corrected chi connectivity index (χ0v) is 13.3. The Labute approximate surface area is 135 Å². The van der Waals surface area contributed by atoms with Crippen LogP contribution < -0.4 is 16.6 Å². The topological polar surface area (TPSA) is 94.8 Å². The molecule has 0 unspecified atom stereocenters. The van der Waals surface area contributed by atoms with Crippen molar-refractivity contribution in [2.24, 2.45) is 0 Å². The predicted molar refractivity (Wildman–Crippen MR) is 88.1 cm³/mol. The number of carbonyl (C=O) groups is 1. The molecular weight excluding hydrogens is 314 g/mol. The fraction of sp³-hybridized carbons (Fsp3) is 0.312. The monoisotopic (exact) mass is 329 g/mol. The summed E-state index contributed by atoms with van der Waals surface area (Å²) < 4.78 is 0. The maximum absolute atomic E-state index is 12.6. The summed E-state index contributed by atoms with van der Waals surface area (Å²) in [5, 5.41) is 5.07. The molecule has 0 aromatic carbocycles. The van der Waals surface area contributed by atoms with Crippen LogP contribution in [0.4, 0.5) is 5.82 Å². The summed E-state index contributed by atoms with van der Waals surface area (Å²) in [6.45, 7) is 1.97. The minimum Gasteiger partial charge on any atom is -0.344 e. The van der Waals surface area contributed by atoms with Crippen LogP contribution in [0, 0.1) is 6.92 Å². The van der Waals surface area contributed by atoms with E-state index in [2.05, 4.69) is 15.3 Å². The Morgan fingerprint density at radius 2 is 2.00 bits per heavy atom. The van der Waals surface area contributed by atoms with Gasteiger partial charge in [0, 0.05) is 22.6 Å². The molecule has 3 heterocycles. The molecule has 0 spiro atoms. The largest absolute Gasteiger partial charge is 0.344 e. The first-order chi connectivity index (χ1) is 11.1. The van der Waals surface area contributed by atoms with E-state index in [1.54, 1.807) is 0 Å². The van der Waals surface area contributed by atoms with Gasteiger partial charge in [-0.05, 0) is 36.8 Å². The number of fused-ring (bicyclic) bond motifs is 1. The van der Waals surface area contributed by atoms with Gasteiger partial charge in [0.2, 0.25) is 0 Å². The van der Waals surface area contributed by atoms with E-state index in [0.29, 0.717) is 23.4 Å². The van der Waals surface area contributed by atoms with Crippen LogP contribution in [0.1, 0.15) is 41.2 Å². The lowest BCUT2D eigenvalue weighted by Gasteiger charge is -2.32. The molecule has 0 fully saturated rings. The molecule has 4 rings (SSSR count). The van der Waals surface area contributed by atoms with Crippen molar-refractivity contribution in [3.8, 4) is 0 Å². The highest BCUT2D eigenvalue weighted by atomic mass is 32.1. The third-order valence-electron chi connectivity index (χ3n) is 4.45. The second-order valence-electron chi connectivity index (χ2n) is 5.89. The number of rotatable bonds is 1. The first-order valence-electron chi connectivity index (χ1n) is 7.50. The fourth-order valence-corrected chi connectivity index (χ4v) is 4.48. The lowest BCUT2D eigenvalue weighted by Crippen LogP contribution is -2.35. The van der Waals surface area contributed by atoms with E-state index in [9.17, 15) is 14.4 Å². The minimum atomic E-state index is -0.547. The van der Waals surface area contributed by atoms with E-state index in [0.717, 1.165) is 29.0 Å². The molecule has 1 aliphatic heterocycles. The summed E-state index contributed by atoms with van der Waals surface area (Å²) in [6, 6.07) is 1.98. The van der Waals surface area contributed by atoms with Crippen LogP contribution in [0.15, 0.2) is 32.3 Å². The Morgan fingerprint density at radius 3 is 2.74 bits per heavy atom. The molecule has 6 nitrogen and oxygen atoms in total. The first-order valence-corrected chi connectivity index (χ1v) is 8.38. The number of hydrogen-bond donors (Lipinski definition) is 3. The van der Waals surface area contributed by atoms with Gasteiger partial charge in [0.15, 0.2) is 5.78 Å². The summed E-state index contributed by atoms with van der Waals surface area (Å²) in [4.78, 5) is 42.5. The second-order valence-corrected chi connectivity index (χ2v) is 6.84. The molecule has 3 N–H and O–H groups in total. The van der Waals surface area contributed by atoms with Crippen molar-refractivity contribution in [2.75, 3.05) is 5.32 Å². The van der Waals surface area contributed by atoms with Crippen molar-refractivity contribution < 1.29 is 4.79 Å². The van der Waals surface area contributed by atoms with Gasteiger partial charge in [-0.15, -0.1) is 11.3 Å². The predicted octanol–water partition coefficient (Wildman–Crippen LogP) is 2.00. The Morgan fingerprint density at radius 1 is 1.17 bits per heavy atom. The summed E-state index contributed by atoms with van der Waals surface area (Å²) in [5.74, 6) is 0.0763. The van der Waals surface area contributed by atoms with Crippen LogP contribution in [0.2, 0.25) is 0 Å². The highest BCUT2D eigenvalue weighted by molar-refractivity contribution is 7.10. The first kappa shape index (κ1) is 14.2. The lowest BCUT2D eigenvalue weighted by atomic mass is 9.78. The summed E-state index contributed by atoms with van der Waals surface area (Å²) in [7, 11) is 0. The molecule has 0 radical (unpaired) electrons. The van der Waals surface area contributed by atoms with Crippen LogP contribution in [0.5, 0.6) is 0 Å². The number of thiophene rings is 1. The molecular formula is C16H15N3O3S. The molecule has 2 aromatic rings. The smallest absolute Gasteiger partial charge is 0.327 e. The van der Waals surface area contributed by atoms with Crippen molar-refractivity contribution >= 4 is 22.9 Å². The van der Waals surface area contributed by atoms with Gasteiger partial charge in [-0.25, -0.2) is 4.79 Å². The zero-order valence-electron chi connectivity index (χ0n) is 12.5. The Kier molecular flexibility index (Phi) is 3.12. The van der Waals surface area contributed by atoms with Crippen molar-refractivity contribution in [1.29, 1.82) is 0 Å². The van der Waals surface area contributed by atoms with Crippen LogP contribution >= 0.6 is 11.3 Å². The summed E-state index contributed by atoms with van der Waals surface area (Å²) in [5.41, 5.74) is 1.97. The number of aromatic nitrogens is 2. The Bertz CT molecular complexity index is 963. The number of H-pyrrole nitrogens is 2. The number of aryl methyl sites for hydroxylation is 1. The van der Waals surface area contributed by atoms with Crippen LogP contribution in [0.3, 0.4) is 0 Å². The van der Waals surface area contributed by atoms with Crippen molar-refractivity contribution in [2.45, 2.75) is 32.1 Å². The number of carbonyl (C=O) groups excluding carboxylic acids is 1. The van der Waals surface area contributed by atoms with Gasteiger partial charge in [0.25, 0.3) is 5.56 Å². The zero-order chi connectivity index (χ0) is 16.1. The van der Waals surface area contributed by atoms with Gasteiger partial charge < -0.3 is 5.32 Å². The van der Waals surface area contributed by atoms with Crippen molar-refractivity contribution in [1.82, 2.24) is 9.97 Å². The molecule has 0 saturated heterocycles.